The summed E-state index contributed by atoms with van der Waals surface area (Å²) in [5.74, 6) is 1.20. The molecule has 2 aromatic heterocycles. The van der Waals surface area contributed by atoms with Crippen molar-refractivity contribution in [2.45, 2.75) is 26.3 Å². The van der Waals surface area contributed by atoms with Crippen LogP contribution >= 0.6 is 11.6 Å². The molecule has 0 aliphatic rings. The van der Waals surface area contributed by atoms with E-state index in [0.717, 1.165) is 5.69 Å². The van der Waals surface area contributed by atoms with Crippen LogP contribution in [0, 0.1) is 0 Å². The Morgan fingerprint density at radius 2 is 2.21 bits per heavy atom. The van der Waals surface area contributed by atoms with Crippen LogP contribution in [0.4, 0.5) is 10.6 Å². The molecule has 0 fully saturated rings. The first-order valence-electron chi connectivity index (χ1n) is 7.44. The van der Waals surface area contributed by atoms with E-state index in [-0.39, 0.29) is 12.5 Å². The van der Waals surface area contributed by atoms with Crippen LogP contribution in [-0.2, 0) is 6.54 Å². The highest BCUT2D eigenvalue weighted by atomic mass is 35.5. The number of nitrogens with one attached hydrogen (secondary N) is 2. The van der Waals surface area contributed by atoms with Gasteiger partial charge in [0.15, 0.2) is 11.6 Å². The molecule has 2 heterocycles. The zero-order valence-corrected chi connectivity index (χ0v) is 14.0. The fraction of sp³-hybridized carbons (Fsp3) is 0.250. The molecule has 8 heteroatoms. The van der Waals surface area contributed by atoms with Gasteiger partial charge in [0.25, 0.3) is 0 Å². The summed E-state index contributed by atoms with van der Waals surface area (Å²) < 4.78 is 5.16. The molecule has 2 N–H and O–H groups in total. The minimum Gasteiger partial charge on any atom is -0.359 e. The minimum absolute atomic E-state index is 0.235. The van der Waals surface area contributed by atoms with Crippen molar-refractivity contribution < 1.29 is 9.32 Å². The highest BCUT2D eigenvalue weighted by Crippen LogP contribution is 2.20. The fourth-order valence-electron chi connectivity index (χ4n) is 2.08. The smallest absolute Gasteiger partial charge is 0.320 e. The van der Waals surface area contributed by atoms with Gasteiger partial charge in [0.2, 0.25) is 0 Å². The van der Waals surface area contributed by atoms with Crippen LogP contribution in [0.25, 0.3) is 11.0 Å². The largest absolute Gasteiger partial charge is 0.359 e. The van der Waals surface area contributed by atoms with Crippen molar-refractivity contribution in [3.63, 3.8) is 0 Å². The number of para-hydroxylation sites is 1. The van der Waals surface area contributed by atoms with E-state index in [1.807, 2.05) is 19.9 Å². The Kier molecular flexibility index (Phi) is 4.61. The van der Waals surface area contributed by atoms with Gasteiger partial charge in [-0.1, -0.05) is 36.7 Å². The summed E-state index contributed by atoms with van der Waals surface area (Å²) in [5, 5.41) is 9.76. The molecule has 3 rings (SSSR count). The number of hydrogen-bond acceptors (Lipinski definition) is 5. The number of aromatic nitrogens is 3. The molecule has 0 saturated heterocycles. The molecule has 0 bridgehead atoms. The second-order valence-electron chi connectivity index (χ2n) is 5.54. The first kappa shape index (κ1) is 16.2. The SMILES string of the molecule is CC(C)c1cc(CNC(=O)Nc2cnc3c(Cl)cccc3n2)on1. The van der Waals surface area contributed by atoms with Gasteiger partial charge in [-0.25, -0.2) is 14.8 Å². The van der Waals surface area contributed by atoms with E-state index in [0.29, 0.717) is 27.6 Å². The summed E-state index contributed by atoms with van der Waals surface area (Å²) >= 11 is 6.04. The maximum absolute atomic E-state index is 12.0. The van der Waals surface area contributed by atoms with Crippen LogP contribution in [0.1, 0.15) is 31.2 Å². The molecule has 0 atom stereocenters. The van der Waals surface area contributed by atoms with Crippen LogP contribution < -0.4 is 10.6 Å². The van der Waals surface area contributed by atoms with E-state index < -0.39 is 6.03 Å². The number of rotatable bonds is 4. The van der Waals surface area contributed by atoms with Crippen LogP contribution in [0.3, 0.4) is 0 Å². The average Bonchev–Trinajstić information content (AvgIpc) is 3.02. The van der Waals surface area contributed by atoms with Gasteiger partial charge < -0.3 is 9.84 Å². The van der Waals surface area contributed by atoms with Gasteiger partial charge in [-0.2, -0.15) is 0 Å². The Bertz CT molecular complexity index is 878. The average molecular weight is 346 g/mol. The standard InChI is InChI=1S/C16H16ClN5O2/c1-9(2)13-6-10(24-22-13)7-19-16(23)21-14-8-18-15-11(17)4-3-5-12(15)20-14/h3-6,8-9H,7H2,1-2H3,(H2,19,20,21,23). The van der Waals surface area contributed by atoms with Gasteiger partial charge in [0, 0.05) is 6.07 Å². The van der Waals surface area contributed by atoms with Gasteiger partial charge >= 0.3 is 6.03 Å². The molecule has 0 radical (unpaired) electrons. The van der Waals surface area contributed by atoms with Gasteiger partial charge in [0.05, 0.1) is 29.0 Å². The van der Waals surface area contributed by atoms with Crippen molar-refractivity contribution in [3.8, 4) is 0 Å². The summed E-state index contributed by atoms with van der Waals surface area (Å²) in [6.45, 7) is 4.28. The zero-order chi connectivity index (χ0) is 17.1. The maximum Gasteiger partial charge on any atom is 0.320 e. The lowest BCUT2D eigenvalue weighted by molar-refractivity contribution is 0.250. The van der Waals surface area contributed by atoms with E-state index in [4.69, 9.17) is 16.1 Å². The first-order valence-corrected chi connectivity index (χ1v) is 7.82. The number of carbonyl (C=O) groups is 1. The Hall–Kier alpha value is -2.67. The molecule has 0 unspecified atom stereocenters. The van der Waals surface area contributed by atoms with Crippen molar-refractivity contribution in [1.29, 1.82) is 0 Å². The third kappa shape index (κ3) is 3.62. The van der Waals surface area contributed by atoms with E-state index >= 15 is 0 Å². The molecule has 2 amide bonds. The number of anilines is 1. The number of amides is 2. The normalized spacial score (nSPS) is 11.0. The number of benzene rings is 1. The second kappa shape index (κ2) is 6.84. The third-order valence-corrected chi connectivity index (χ3v) is 3.66. The molecule has 7 nitrogen and oxygen atoms in total. The van der Waals surface area contributed by atoms with Gasteiger partial charge in [-0.05, 0) is 18.1 Å². The minimum atomic E-state index is -0.409. The van der Waals surface area contributed by atoms with Crippen LogP contribution in [0.5, 0.6) is 0 Å². The lowest BCUT2D eigenvalue weighted by atomic mass is 10.1. The molecule has 0 aliphatic heterocycles. The Labute approximate surface area is 143 Å². The molecule has 0 aliphatic carbocycles. The summed E-state index contributed by atoms with van der Waals surface area (Å²) in [4.78, 5) is 20.5. The summed E-state index contributed by atoms with van der Waals surface area (Å²) in [7, 11) is 0. The molecular weight excluding hydrogens is 330 g/mol. The van der Waals surface area contributed by atoms with E-state index in [9.17, 15) is 4.79 Å². The van der Waals surface area contributed by atoms with E-state index in [2.05, 4.69) is 25.8 Å². The lowest BCUT2D eigenvalue weighted by Crippen LogP contribution is -2.28. The van der Waals surface area contributed by atoms with Crippen LogP contribution in [0.15, 0.2) is 35.0 Å². The second-order valence-corrected chi connectivity index (χ2v) is 5.95. The zero-order valence-electron chi connectivity index (χ0n) is 13.2. The summed E-state index contributed by atoms with van der Waals surface area (Å²) in [6, 6.07) is 6.70. The van der Waals surface area contributed by atoms with Crippen molar-refractivity contribution in [3.05, 3.63) is 46.9 Å². The number of halogens is 1. The van der Waals surface area contributed by atoms with Crippen molar-refractivity contribution in [1.82, 2.24) is 20.4 Å². The molecule has 0 saturated carbocycles. The summed E-state index contributed by atoms with van der Waals surface area (Å²) in [5.41, 5.74) is 2.05. The van der Waals surface area contributed by atoms with Crippen molar-refractivity contribution in [2.75, 3.05) is 5.32 Å². The van der Waals surface area contributed by atoms with Crippen molar-refractivity contribution in [2.24, 2.45) is 0 Å². The molecule has 0 spiro atoms. The number of urea groups is 1. The molecule has 1 aromatic carbocycles. The number of nitrogens with zero attached hydrogens (tertiary/aromatic N) is 3. The van der Waals surface area contributed by atoms with Gasteiger partial charge in [-0.3, -0.25) is 5.32 Å². The highest BCUT2D eigenvalue weighted by Gasteiger charge is 2.10. The number of carbonyl (C=O) groups excluding carboxylic acids is 1. The van der Waals surface area contributed by atoms with Crippen LogP contribution in [0.2, 0.25) is 5.02 Å². The fourth-order valence-corrected chi connectivity index (χ4v) is 2.30. The monoisotopic (exact) mass is 345 g/mol. The molecule has 3 aromatic rings. The Morgan fingerprint density at radius 3 is 2.96 bits per heavy atom. The molecular formula is C16H16ClN5O2. The lowest BCUT2D eigenvalue weighted by Gasteiger charge is -2.06. The molecule has 24 heavy (non-hydrogen) atoms. The van der Waals surface area contributed by atoms with E-state index in [1.54, 1.807) is 18.2 Å². The van der Waals surface area contributed by atoms with Crippen LogP contribution in [-0.4, -0.2) is 21.2 Å². The van der Waals surface area contributed by atoms with Crippen molar-refractivity contribution >= 4 is 34.5 Å². The highest BCUT2D eigenvalue weighted by molar-refractivity contribution is 6.34. The first-order chi connectivity index (χ1) is 11.5. The predicted octanol–water partition coefficient (Wildman–Crippen LogP) is 3.72. The maximum atomic E-state index is 12.0. The molecule has 124 valence electrons. The number of hydrogen-bond donors (Lipinski definition) is 2. The number of fused-ring (bicyclic) bond motifs is 1. The van der Waals surface area contributed by atoms with E-state index in [1.165, 1.54) is 6.20 Å². The quantitative estimate of drug-likeness (QED) is 0.751. The summed E-state index contributed by atoms with van der Waals surface area (Å²) in [6.07, 6.45) is 1.46. The third-order valence-electron chi connectivity index (χ3n) is 3.36. The predicted molar refractivity (Wildman–Crippen MR) is 91.0 cm³/mol. The Morgan fingerprint density at radius 1 is 1.38 bits per heavy atom. The van der Waals surface area contributed by atoms with Gasteiger partial charge in [-0.15, -0.1) is 0 Å². The van der Waals surface area contributed by atoms with Gasteiger partial charge in [0.1, 0.15) is 5.52 Å². The Balaban J connectivity index is 1.62. The topological polar surface area (TPSA) is 92.9 Å².